The summed E-state index contributed by atoms with van der Waals surface area (Å²) in [7, 11) is 0. The maximum atomic E-state index is 11.5. The first-order chi connectivity index (χ1) is 9.70. The molecular weight excluding hydrogens is 250 g/mol. The largest absolute Gasteiger partial charge is 0.481 e. The molecule has 0 saturated carbocycles. The Morgan fingerprint density at radius 1 is 1.05 bits per heavy atom. The topological polar surface area (TPSA) is 61.1 Å². The summed E-state index contributed by atoms with van der Waals surface area (Å²) in [5.41, 5.74) is 2.67. The molecule has 0 aromatic heterocycles. The van der Waals surface area contributed by atoms with Gasteiger partial charge in [0, 0.05) is 0 Å². The Labute approximate surface area is 118 Å². The normalized spacial score (nSPS) is 11.6. The summed E-state index contributed by atoms with van der Waals surface area (Å²) < 4.78 is 0. The smallest absolute Gasteiger partial charge is 0.311 e. The van der Waals surface area contributed by atoms with E-state index in [9.17, 15) is 9.90 Å². The summed E-state index contributed by atoms with van der Waals surface area (Å²) in [4.78, 5) is 11.5. The number of hydrogen-bond donors (Lipinski definition) is 1. The van der Waals surface area contributed by atoms with Crippen LogP contribution in [0.2, 0.25) is 0 Å². The third-order valence-corrected chi connectivity index (χ3v) is 3.25. The zero-order chi connectivity index (χ0) is 14.4. The van der Waals surface area contributed by atoms with Crippen LogP contribution in [-0.2, 0) is 17.6 Å². The lowest BCUT2D eigenvalue weighted by Gasteiger charge is -2.13. The fraction of sp³-hybridized carbons (Fsp3) is 0.176. The van der Waals surface area contributed by atoms with Crippen molar-refractivity contribution in [3.05, 3.63) is 71.3 Å². The van der Waals surface area contributed by atoms with Crippen molar-refractivity contribution in [3.63, 3.8) is 0 Å². The zero-order valence-corrected chi connectivity index (χ0v) is 11.0. The standard InChI is InChI=1S/C17H15NO2/c18-11-10-13-6-8-15(9-7-13)16(17(19)20)12-14-4-2-1-3-5-14/h1-9,16H,10,12H2,(H,19,20). The fourth-order valence-electron chi connectivity index (χ4n) is 2.16. The monoisotopic (exact) mass is 265 g/mol. The molecule has 1 atom stereocenters. The number of nitrogens with zero attached hydrogens (tertiary/aromatic N) is 1. The Bertz CT molecular complexity index is 612. The third-order valence-electron chi connectivity index (χ3n) is 3.25. The Balaban J connectivity index is 2.21. The van der Waals surface area contributed by atoms with Crippen LogP contribution in [0.4, 0.5) is 0 Å². The van der Waals surface area contributed by atoms with Crippen molar-refractivity contribution in [1.82, 2.24) is 0 Å². The highest BCUT2D eigenvalue weighted by Gasteiger charge is 2.20. The van der Waals surface area contributed by atoms with E-state index in [2.05, 4.69) is 6.07 Å². The summed E-state index contributed by atoms with van der Waals surface area (Å²) >= 11 is 0. The molecule has 3 heteroatoms. The average molecular weight is 265 g/mol. The van der Waals surface area contributed by atoms with Gasteiger partial charge in [0.2, 0.25) is 0 Å². The van der Waals surface area contributed by atoms with Crippen LogP contribution in [0.3, 0.4) is 0 Å². The second kappa shape index (κ2) is 6.53. The Morgan fingerprint density at radius 3 is 2.25 bits per heavy atom. The van der Waals surface area contributed by atoms with E-state index >= 15 is 0 Å². The number of benzene rings is 2. The van der Waals surface area contributed by atoms with Crippen LogP contribution in [0.1, 0.15) is 22.6 Å². The van der Waals surface area contributed by atoms with Crippen molar-refractivity contribution < 1.29 is 9.90 Å². The SMILES string of the molecule is N#CCc1ccc(C(Cc2ccccc2)C(=O)O)cc1. The number of aliphatic carboxylic acids is 1. The molecule has 0 amide bonds. The zero-order valence-electron chi connectivity index (χ0n) is 11.0. The highest BCUT2D eigenvalue weighted by atomic mass is 16.4. The van der Waals surface area contributed by atoms with Crippen molar-refractivity contribution in [1.29, 1.82) is 5.26 Å². The number of carboxylic acid groups (broad SMARTS) is 1. The van der Waals surface area contributed by atoms with E-state index in [1.807, 2.05) is 42.5 Å². The van der Waals surface area contributed by atoms with Gasteiger partial charge in [-0.15, -0.1) is 0 Å². The second-order valence-electron chi connectivity index (χ2n) is 4.66. The molecule has 0 bridgehead atoms. The summed E-state index contributed by atoms with van der Waals surface area (Å²) in [6.07, 6.45) is 0.810. The first-order valence-electron chi connectivity index (χ1n) is 6.43. The van der Waals surface area contributed by atoms with Crippen LogP contribution in [0.5, 0.6) is 0 Å². The van der Waals surface area contributed by atoms with E-state index in [1.165, 1.54) is 0 Å². The van der Waals surface area contributed by atoms with E-state index in [0.29, 0.717) is 12.8 Å². The van der Waals surface area contributed by atoms with Crippen molar-refractivity contribution in [2.75, 3.05) is 0 Å². The molecule has 0 radical (unpaired) electrons. The van der Waals surface area contributed by atoms with E-state index < -0.39 is 11.9 Å². The number of nitriles is 1. The molecule has 0 spiro atoms. The lowest BCUT2D eigenvalue weighted by molar-refractivity contribution is -0.138. The van der Waals surface area contributed by atoms with E-state index in [0.717, 1.165) is 16.7 Å². The predicted octanol–water partition coefficient (Wildman–Crippen LogP) is 3.16. The molecular formula is C17H15NO2. The summed E-state index contributed by atoms with van der Waals surface area (Å²) in [5.74, 6) is -1.39. The Kier molecular flexibility index (Phi) is 4.52. The first kappa shape index (κ1) is 13.8. The number of rotatable bonds is 5. The first-order valence-corrected chi connectivity index (χ1v) is 6.43. The van der Waals surface area contributed by atoms with Crippen LogP contribution < -0.4 is 0 Å². The van der Waals surface area contributed by atoms with Crippen LogP contribution in [0, 0.1) is 11.3 Å². The van der Waals surface area contributed by atoms with Gasteiger partial charge in [-0.2, -0.15) is 5.26 Å². The van der Waals surface area contributed by atoms with Gasteiger partial charge < -0.3 is 5.11 Å². The van der Waals surface area contributed by atoms with Gasteiger partial charge in [0.1, 0.15) is 0 Å². The van der Waals surface area contributed by atoms with Gasteiger partial charge in [0.25, 0.3) is 0 Å². The lowest BCUT2D eigenvalue weighted by atomic mass is 9.91. The third kappa shape index (κ3) is 3.46. The van der Waals surface area contributed by atoms with Crippen LogP contribution >= 0.6 is 0 Å². The fourth-order valence-corrected chi connectivity index (χ4v) is 2.16. The van der Waals surface area contributed by atoms with Crippen LogP contribution in [0.25, 0.3) is 0 Å². The molecule has 1 N–H and O–H groups in total. The number of carbonyl (C=O) groups is 1. The predicted molar refractivity (Wildman–Crippen MR) is 76.3 cm³/mol. The van der Waals surface area contributed by atoms with Gasteiger partial charge in [-0.3, -0.25) is 4.79 Å². The van der Waals surface area contributed by atoms with Gasteiger partial charge >= 0.3 is 5.97 Å². The van der Waals surface area contributed by atoms with Gasteiger partial charge in [-0.05, 0) is 23.1 Å². The van der Waals surface area contributed by atoms with Crippen molar-refractivity contribution >= 4 is 5.97 Å². The van der Waals surface area contributed by atoms with Crippen LogP contribution in [-0.4, -0.2) is 11.1 Å². The molecule has 3 nitrogen and oxygen atoms in total. The molecule has 0 aliphatic carbocycles. The van der Waals surface area contributed by atoms with Crippen molar-refractivity contribution in [3.8, 4) is 6.07 Å². The number of hydrogen-bond acceptors (Lipinski definition) is 2. The maximum absolute atomic E-state index is 11.5. The molecule has 100 valence electrons. The molecule has 2 aromatic carbocycles. The molecule has 0 saturated heterocycles. The Hall–Kier alpha value is -2.60. The van der Waals surface area contributed by atoms with E-state index in [-0.39, 0.29) is 0 Å². The number of carboxylic acids is 1. The molecule has 0 aliphatic heterocycles. The molecule has 2 rings (SSSR count). The second-order valence-corrected chi connectivity index (χ2v) is 4.66. The minimum absolute atomic E-state index is 0.344. The van der Waals surface area contributed by atoms with Crippen molar-refractivity contribution in [2.24, 2.45) is 0 Å². The quantitative estimate of drug-likeness (QED) is 0.903. The lowest BCUT2D eigenvalue weighted by Crippen LogP contribution is -2.14. The average Bonchev–Trinajstić information content (AvgIpc) is 2.47. The van der Waals surface area contributed by atoms with E-state index in [4.69, 9.17) is 5.26 Å². The van der Waals surface area contributed by atoms with Gasteiger partial charge in [0.15, 0.2) is 0 Å². The maximum Gasteiger partial charge on any atom is 0.311 e. The summed E-state index contributed by atoms with van der Waals surface area (Å²) in [6.45, 7) is 0. The summed E-state index contributed by atoms with van der Waals surface area (Å²) in [6, 6.07) is 18.9. The molecule has 1 unspecified atom stereocenters. The minimum atomic E-state index is -0.832. The molecule has 0 aliphatic rings. The van der Waals surface area contributed by atoms with Crippen molar-refractivity contribution in [2.45, 2.75) is 18.8 Å². The Morgan fingerprint density at radius 2 is 1.70 bits per heavy atom. The highest BCUT2D eigenvalue weighted by Crippen LogP contribution is 2.22. The minimum Gasteiger partial charge on any atom is -0.481 e. The molecule has 0 fully saturated rings. The molecule has 0 heterocycles. The van der Waals surface area contributed by atoms with Gasteiger partial charge in [-0.25, -0.2) is 0 Å². The van der Waals surface area contributed by atoms with Crippen LogP contribution in [0.15, 0.2) is 54.6 Å². The molecule has 2 aromatic rings. The summed E-state index contributed by atoms with van der Waals surface area (Å²) in [5, 5.41) is 18.0. The van der Waals surface area contributed by atoms with Gasteiger partial charge in [-0.1, -0.05) is 54.6 Å². The molecule has 20 heavy (non-hydrogen) atoms. The van der Waals surface area contributed by atoms with E-state index in [1.54, 1.807) is 12.1 Å². The highest BCUT2D eigenvalue weighted by molar-refractivity contribution is 5.76. The van der Waals surface area contributed by atoms with Gasteiger partial charge in [0.05, 0.1) is 18.4 Å².